The maximum absolute atomic E-state index is 13.1. The Morgan fingerprint density at radius 2 is 1.82 bits per heavy atom. The summed E-state index contributed by atoms with van der Waals surface area (Å²) in [6, 6.07) is 13.8. The van der Waals surface area contributed by atoms with Gasteiger partial charge >= 0.3 is 0 Å². The predicted octanol–water partition coefficient (Wildman–Crippen LogP) is 4.70. The van der Waals surface area contributed by atoms with E-state index in [1.54, 1.807) is 11.3 Å². The third-order valence-corrected chi connectivity index (χ3v) is 5.52. The fraction of sp³-hybridized carbons (Fsp3) is 0.318. The number of thiophene rings is 1. The topological polar surface area (TPSA) is 49.3 Å². The van der Waals surface area contributed by atoms with Gasteiger partial charge < -0.3 is 9.80 Å². The molecule has 0 atom stereocenters. The Morgan fingerprint density at radius 1 is 1.07 bits per heavy atom. The number of para-hydroxylation sites is 1. The lowest BCUT2D eigenvalue weighted by atomic mass is 10.2. The molecule has 0 radical (unpaired) electrons. The first-order chi connectivity index (χ1) is 13.5. The van der Waals surface area contributed by atoms with Crippen LogP contribution in [0.3, 0.4) is 0 Å². The van der Waals surface area contributed by atoms with Crippen LogP contribution in [-0.4, -0.2) is 36.0 Å². The summed E-state index contributed by atoms with van der Waals surface area (Å²) in [5.41, 5.74) is 2.86. The zero-order valence-electron chi connectivity index (χ0n) is 16.8. The average molecular weight is 395 g/mol. The molecule has 0 bridgehead atoms. The highest BCUT2D eigenvalue weighted by molar-refractivity contribution is 7.13. The Bertz CT molecular complexity index is 925. The van der Waals surface area contributed by atoms with Crippen LogP contribution in [0.1, 0.15) is 24.6 Å². The fourth-order valence-electron chi connectivity index (χ4n) is 3.09. The fourth-order valence-corrected chi connectivity index (χ4v) is 3.75. The van der Waals surface area contributed by atoms with E-state index in [9.17, 15) is 4.79 Å². The minimum absolute atomic E-state index is 0.0592. The SMILES string of the molecule is CCCN(C(=O)CN(C)c1nc(-c2cccs2)nc(C)c1C)c1ccccc1. The number of hydrogen-bond acceptors (Lipinski definition) is 5. The van der Waals surface area contributed by atoms with Crippen molar-refractivity contribution in [1.82, 2.24) is 9.97 Å². The minimum Gasteiger partial charge on any atom is -0.350 e. The molecule has 0 aliphatic heterocycles. The molecule has 0 unspecified atom stereocenters. The van der Waals surface area contributed by atoms with Gasteiger partial charge in [-0.15, -0.1) is 11.3 Å². The van der Waals surface area contributed by atoms with Crippen LogP contribution >= 0.6 is 11.3 Å². The largest absolute Gasteiger partial charge is 0.350 e. The van der Waals surface area contributed by atoms with Crippen molar-refractivity contribution in [1.29, 1.82) is 0 Å². The zero-order chi connectivity index (χ0) is 20.1. The second-order valence-corrected chi connectivity index (χ2v) is 7.74. The summed E-state index contributed by atoms with van der Waals surface area (Å²) in [7, 11) is 1.92. The molecule has 0 saturated heterocycles. The zero-order valence-corrected chi connectivity index (χ0v) is 17.7. The molecule has 6 heteroatoms. The molecular formula is C22H26N4OS. The van der Waals surface area contributed by atoms with Crippen LogP contribution in [0, 0.1) is 13.8 Å². The van der Waals surface area contributed by atoms with Crippen molar-refractivity contribution in [3.63, 3.8) is 0 Å². The first kappa shape index (κ1) is 20.0. The summed E-state index contributed by atoms with van der Waals surface area (Å²) >= 11 is 1.61. The van der Waals surface area contributed by atoms with Crippen LogP contribution in [-0.2, 0) is 4.79 Å². The summed E-state index contributed by atoms with van der Waals surface area (Å²) in [6.07, 6.45) is 0.901. The summed E-state index contributed by atoms with van der Waals surface area (Å²) in [5, 5.41) is 2.02. The monoisotopic (exact) mass is 394 g/mol. The quantitative estimate of drug-likeness (QED) is 0.583. The van der Waals surface area contributed by atoms with Gasteiger partial charge in [0.05, 0.1) is 11.4 Å². The van der Waals surface area contributed by atoms with Gasteiger partial charge in [0, 0.05) is 30.5 Å². The van der Waals surface area contributed by atoms with Gasteiger partial charge in [0.1, 0.15) is 5.82 Å². The van der Waals surface area contributed by atoms with Gasteiger partial charge in [-0.2, -0.15) is 0 Å². The third kappa shape index (κ3) is 4.39. The molecule has 2 heterocycles. The molecule has 0 aliphatic carbocycles. The van der Waals surface area contributed by atoms with E-state index >= 15 is 0 Å². The number of hydrogen-bond donors (Lipinski definition) is 0. The molecule has 146 valence electrons. The van der Waals surface area contributed by atoms with Gasteiger partial charge in [0.2, 0.25) is 5.91 Å². The second kappa shape index (κ2) is 8.97. The molecule has 0 spiro atoms. The van der Waals surface area contributed by atoms with Gasteiger partial charge in [0.25, 0.3) is 0 Å². The lowest BCUT2D eigenvalue weighted by Gasteiger charge is -2.27. The van der Waals surface area contributed by atoms with Crippen molar-refractivity contribution >= 4 is 28.7 Å². The van der Waals surface area contributed by atoms with E-state index in [1.165, 1.54) is 0 Å². The highest BCUT2D eigenvalue weighted by Crippen LogP contribution is 2.27. The van der Waals surface area contributed by atoms with Crippen molar-refractivity contribution in [2.24, 2.45) is 0 Å². The van der Waals surface area contributed by atoms with E-state index < -0.39 is 0 Å². The van der Waals surface area contributed by atoms with Crippen LogP contribution < -0.4 is 9.80 Å². The summed E-state index contributed by atoms with van der Waals surface area (Å²) in [4.78, 5) is 27.3. The number of anilines is 2. The van der Waals surface area contributed by atoms with Gasteiger partial charge in [-0.05, 0) is 43.8 Å². The van der Waals surface area contributed by atoms with Crippen molar-refractivity contribution < 1.29 is 4.79 Å². The Balaban J connectivity index is 1.85. The van der Waals surface area contributed by atoms with Gasteiger partial charge in [-0.25, -0.2) is 9.97 Å². The molecule has 0 aliphatic rings. The molecule has 3 rings (SSSR count). The molecule has 3 aromatic rings. The highest BCUT2D eigenvalue weighted by atomic mass is 32.1. The van der Waals surface area contributed by atoms with E-state index in [0.29, 0.717) is 12.4 Å². The Morgan fingerprint density at radius 3 is 2.46 bits per heavy atom. The summed E-state index contributed by atoms with van der Waals surface area (Å²) < 4.78 is 0. The van der Waals surface area contributed by atoms with Crippen molar-refractivity contribution in [3.05, 3.63) is 59.1 Å². The molecule has 0 saturated carbocycles. The molecular weight excluding hydrogens is 368 g/mol. The van der Waals surface area contributed by atoms with Crippen molar-refractivity contribution in [3.8, 4) is 10.7 Å². The number of aromatic nitrogens is 2. The van der Waals surface area contributed by atoms with E-state index in [1.807, 2.05) is 78.5 Å². The standard InChI is InChI=1S/C22H26N4OS/c1-5-13-26(18-10-7-6-8-11-18)20(27)15-25(4)22-16(2)17(3)23-21(24-22)19-12-9-14-28-19/h6-12,14H,5,13,15H2,1-4H3. The van der Waals surface area contributed by atoms with Crippen LogP contribution in [0.2, 0.25) is 0 Å². The van der Waals surface area contributed by atoms with Crippen molar-refractivity contribution in [2.75, 3.05) is 29.9 Å². The van der Waals surface area contributed by atoms with E-state index in [4.69, 9.17) is 4.98 Å². The second-order valence-electron chi connectivity index (χ2n) is 6.80. The summed E-state index contributed by atoms with van der Waals surface area (Å²) in [6.45, 7) is 7.03. The lowest BCUT2D eigenvalue weighted by Crippen LogP contribution is -2.40. The van der Waals surface area contributed by atoms with Gasteiger partial charge in [-0.3, -0.25) is 4.79 Å². The third-order valence-electron chi connectivity index (χ3n) is 4.66. The summed E-state index contributed by atoms with van der Waals surface area (Å²) in [5.74, 6) is 1.57. The lowest BCUT2D eigenvalue weighted by molar-refractivity contribution is -0.117. The number of amides is 1. The minimum atomic E-state index is 0.0592. The number of carbonyl (C=O) groups is 1. The van der Waals surface area contributed by atoms with E-state index in [2.05, 4.69) is 11.9 Å². The average Bonchev–Trinajstić information content (AvgIpc) is 3.23. The molecule has 0 fully saturated rings. The number of aryl methyl sites for hydroxylation is 1. The Labute approximate surface area is 170 Å². The van der Waals surface area contributed by atoms with Gasteiger partial charge in [-0.1, -0.05) is 31.2 Å². The maximum Gasteiger partial charge on any atom is 0.246 e. The number of likely N-dealkylation sites (N-methyl/N-ethyl adjacent to an activating group) is 1. The van der Waals surface area contributed by atoms with Crippen molar-refractivity contribution in [2.45, 2.75) is 27.2 Å². The number of nitrogens with zero attached hydrogens (tertiary/aromatic N) is 4. The van der Waals surface area contributed by atoms with E-state index in [-0.39, 0.29) is 12.5 Å². The molecule has 28 heavy (non-hydrogen) atoms. The van der Waals surface area contributed by atoms with Crippen LogP contribution in [0.4, 0.5) is 11.5 Å². The van der Waals surface area contributed by atoms with E-state index in [0.717, 1.165) is 34.1 Å². The number of rotatable bonds is 7. The molecule has 0 N–H and O–H groups in total. The van der Waals surface area contributed by atoms with Gasteiger partial charge in [0.15, 0.2) is 5.82 Å². The Kier molecular flexibility index (Phi) is 6.41. The highest BCUT2D eigenvalue weighted by Gasteiger charge is 2.20. The smallest absolute Gasteiger partial charge is 0.246 e. The number of benzene rings is 1. The molecule has 5 nitrogen and oxygen atoms in total. The molecule has 1 amide bonds. The molecule has 1 aromatic carbocycles. The van der Waals surface area contributed by atoms with Crippen LogP contribution in [0.25, 0.3) is 10.7 Å². The van der Waals surface area contributed by atoms with Crippen LogP contribution in [0.5, 0.6) is 0 Å². The number of carbonyl (C=O) groups excluding carboxylic acids is 1. The Hall–Kier alpha value is -2.73. The predicted molar refractivity (Wildman–Crippen MR) is 117 cm³/mol. The molecule has 2 aromatic heterocycles. The first-order valence-corrected chi connectivity index (χ1v) is 10.3. The normalized spacial score (nSPS) is 10.7. The maximum atomic E-state index is 13.1. The first-order valence-electron chi connectivity index (χ1n) is 9.47. The van der Waals surface area contributed by atoms with Crippen LogP contribution in [0.15, 0.2) is 47.8 Å².